The molecule has 0 atom stereocenters. The number of nitrogens with one attached hydrogen (secondary N) is 2. The summed E-state index contributed by atoms with van der Waals surface area (Å²) in [6, 6.07) is 1.53. The summed E-state index contributed by atoms with van der Waals surface area (Å²) in [6.45, 7) is 1.85. The van der Waals surface area contributed by atoms with E-state index in [-0.39, 0.29) is 5.82 Å². The fourth-order valence-electron chi connectivity index (χ4n) is 2.09. The van der Waals surface area contributed by atoms with Crippen molar-refractivity contribution in [2.75, 3.05) is 13.1 Å². The molecule has 3 rings (SSSR count). The molecule has 4 heteroatoms. The second-order valence-electron chi connectivity index (χ2n) is 3.95. The molecule has 0 spiro atoms. The molecule has 3 heterocycles. The molecule has 0 saturated carbocycles. The number of hydrogen-bond acceptors (Lipinski definition) is 2. The van der Waals surface area contributed by atoms with Crippen molar-refractivity contribution in [1.82, 2.24) is 15.3 Å². The van der Waals surface area contributed by atoms with E-state index in [2.05, 4.69) is 21.4 Å². The zero-order chi connectivity index (χ0) is 11.0. The predicted octanol–water partition coefficient (Wildman–Crippen LogP) is 2.08. The Morgan fingerprint density at radius 1 is 1.38 bits per heavy atom. The summed E-state index contributed by atoms with van der Waals surface area (Å²) in [6.07, 6.45) is 6.35. The molecule has 0 amide bonds. The Bertz CT molecular complexity index is 556. The first-order valence-corrected chi connectivity index (χ1v) is 5.37. The number of nitrogens with zero attached hydrogens (tertiary/aromatic N) is 1. The van der Waals surface area contributed by atoms with Gasteiger partial charge in [0, 0.05) is 23.7 Å². The first-order chi connectivity index (χ1) is 7.84. The van der Waals surface area contributed by atoms with Crippen LogP contribution in [0, 0.1) is 5.82 Å². The lowest BCUT2D eigenvalue weighted by Gasteiger charge is -2.13. The van der Waals surface area contributed by atoms with E-state index in [9.17, 15) is 4.39 Å². The highest BCUT2D eigenvalue weighted by Crippen LogP contribution is 2.25. The van der Waals surface area contributed by atoms with Crippen molar-refractivity contribution >= 4 is 16.6 Å². The number of fused-ring (bicyclic) bond motifs is 1. The fraction of sp³-hybridized carbons (Fsp3) is 0.250. The van der Waals surface area contributed by atoms with E-state index >= 15 is 0 Å². The van der Waals surface area contributed by atoms with E-state index in [4.69, 9.17) is 0 Å². The molecule has 0 aliphatic carbocycles. The quantitative estimate of drug-likeness (QED) is 0.767. The number of hydrogen-bond donors (Lipinski definition) is 2. The van der Waals surface area contributed by atoms with Gasteiger partial charge in [0.05, 0.1) is 6.20 Å². The summed E-state index contributed by atoms with van der Waals surface area (Å²) < 4.78 is 13.1. The highest BCUT2D eigenvalue weighted by Gasteiger charge is 2.11. The van der Waals surface area contributed by atoms with Gasteiger partial charge in [-0.15, -0.1) is 0 Å². The monoisotopic (exact) mass is 217 g/mol. The Balaban J connectivity index is 2.16. The molecule has 1 aliphatic heterocycles. The molecule has 0 fully saturated rings. The van der Waals surface area contributed by atoms with Gasteiger partial charge in [-0.2, -0.15) is 0 Å². The van der Waals surface area contributed by atoms with Crippen molar-refractivity contribution in [2.45, 2.75) is 6.42 Å². The topological polar surface area (TPSA) is 40.7 Å². The lowest BCUT2D eigenvalue weighted by atomic mass is 10.0. The van der Waals surface area contributed by atoms with Crippen LogP contribution in [-0.4, -0.2) is 23.1 Å². The number of halogens is 1. The van der Waals surface area contributed by atoms with Crippen LogP contribution in [0.3, 0.4) is 0 Å². The highest BCUT2D eigenvalue weighted by atomic mass is 19.1. The van der Waals surface area contributed by atoms with Gasteiger partial charge in [0.1, 0.15) is 11.5 Å². The molecule has 2 aromatic heterocycles. The van der Waals surface area contributed by atoms with Crippen molar-refractivity contribution in [3.05, 3.63) is 35.9 Å². The molecule has 2 N–H and O–H groups in total. The van der Waals surface area contributed by atoms with Gasteiger partial charge in [-0.05, 0) is 24.6 Å². The van der Waals surface area contributed by atoms with Gasteiger partial charge in [-0.3, -0.25) is 0 Å². The van der Waals surface area contributed by atoms with Crippen LogP contribution in [0.4, 0.5) is 4.39 Å². The second kappa shape index (κ2) is 3.72. The first-order valence-electron chi connectivity index (χ1n) is 5.37. The van der Waals surface area contributed by atoms with Crippen LogP contribution < -0.4 is 5.32 Å². The van der Waals surface area contributed by atoms with Crippen molar-refractivity contribution in [3.8, 4) is 0 Å². The van der Waals surface area contributed by atoms with Gasteiger partial charge >= 0.3 is 0 Å². The Morgan fingerprint density at radius 3 is 3.12 bits per heavy atom. The SMILES string of the molecule is Fc1cnc2[nH]cc(C3=CCCNC3)c2c1. The number of aromatic nitrogens is 2. The second-order valence-corrected chi connectivity index (χ2v) is 3.95. The summed E-state index contributed by atoms with van der Waals surface area (Å²) >= 11 is 0. The first kappa shape index (κ1) is 9.54. The Labute approximate surface area is 92.4 Å². The number of pyridine rings is 1. The van der Waals surface area contributed by atoms with Crippen LogP contribution in [0.15, 0.2) is 24.5 Å². The van der Waals surface area contributed by atoms with Crippen LogP contribution in [0.5, 0.6) is 0 Å². The number of rotatable bonds is 1. The molecule has 0 unspecified atom stereocenters. The smallest absolute Gasteiger partial charge is 0.142 e. The third-order valence-corrected chi connectivity index (χ3v) is 2.87. The van der Waals surface area contributed by atoms with Crippen molar-refractivity contribution < 1.29 is 4.39 Å². The molecular formula is C12H12FN3. The zero-order valence-corrected chi connectivity index (χ0v) is 8.76. The molecule has 0 radical (unpaired) electrons. The van der Waals surface area contributed by atoms with Crippen LogP contribution in [0.2, 0.25) is 0 Å². The minimum Gasteiger partial charge on any atom is -0.346 e. The van der Waals surface area contributed by atoms with E-state index < -0.39 is 0 Å². The van der Waals surface area contributed by atoms with Crippen LogP contribution in [0.1, 0.15) is 12.0 Å². The lowest BCUT2D eigenvalue weighted by Crippen LogP contribution is -2.21. The fourth-order valence-corrected chi connectivity index (χ4v) is 2.09. The normalized spacial score (nSPS) is 16.4. The van der Waals surface area contributed by atoms with Crippen LogP contribution in [0.25, 0.3) is 16.6 Å². The van der Waals surface area contributed by atoms with E-state index in [0.717, 1.165) is 36.1 Å². The van der Waals surface area contributed by atoms with E-state index in [1.54, 1.807) is 0 Å². The van der Waals surface area contributed by atoms with Gasteiger partial charge in [0.15, 0.2) is 0 Å². The minimum absolute atomic E-state index is 0.294. The van der Waals surface area contributed by atoms with E-state index in [1.807, 2.05) is 6.20 Å². The van der Waals surface area contributed by atoms with Crippen molar-refractivity contribution in [3.63, 3.8) is 0 Å². The summed E-state index contributed by atoms with van der Waals surface area (Å²) in [5.74, 6) is -0.294. The largest absolute Gasteiger partial charge is 0.346 e. The summed E-state index contributed by atoms with van der Waals surface area (Å²) in [5.41, 5.74) is 3.00. The molecule has 3 nitrogen and oxygen atoms in total. The van der Waals surface area contributed by atoms with E-state index in [1.165, 1.54) is 17.8 Å². The number of H-pyrrole nitrogens is 1. The third-order valence-electron chi connectivity index (χ3n) is 2.87. The van der Waals surface area contributed by atoms with Gasteiger partial charge in [0.25, 0.3) is 0 Å². The summed E-state index contributed by atoms with van der Waals surface area (Å²) in [4.78, 5) is 7.08. The maximum atomic E-state index is 13.1. The summed E-state index contributed by atoms with van der Waals surface area (Å²) in [5, 5.41) is 4.16. The maximum Gasteiger partial charge on any atom is 0.142 e. The van der Waals surface area contributed by atoms with Crippen molar-refractivity contribution in [1.29, 1.82) is 0 Å². The van der Waals surface area contributed by atoms with Gasteiger partial charge < -0.3 is 10.3 Å². The molecule has 0 bridgehead atoms. The molecule has 82 valence electrons. The van der Waals surface area contributed by atoms with E-state index in [0.29, 0.717) is 0 Å². The molecule has 0 aromatic carbocycles. The minimum atomic E-state index is -0.294. The predicted molar refractivity (Wildman–Crippen MR) is 61.5 cm³/mol. The maximum absolute atomic E-state index is 13.1. The van der Waals surface area contributed by atoms with Gasteiger partial charge in [-0.25, -0.2) is 9.37 Å². The average molecular weight is 217 g/mol. The zero-order valence-electron chi connectivity index (χ0n) is 8.76. The average Bonchev–Trinajstić information content (AvgIpc) is 2.73. The van der Waals surface area contributed by atoms with Gasteiger partial charge in [0.2, 0.25) is 0 Å². The standard InChI is InChI=1S/C12H12FN3/c13-9-4-10-11(7-16-12(10)15-6-9)8-2-1-3-14-5-8/h2,4,6-7,14H,1,3,5H2,(H,15,16). The molecule has 16 heavy (non-hydrogen) atoms. The van der Waals surface area contributed by atoms with Crippen LogP contribution in [-0.2, 0) is 0 Å². The molecular weight excluding hydrogens is 205 g/mol. The molecule has 2 aromatic rings. The summed E-state index contributed by atoms with van der Waals surface area (Å²) in [7, 11) is 0. The lowest BCUT2D eigenvalue weighted by molar-refractivity contribution is 0.624. The van der Waals surface area contributed by atoms with Gasteiger partial charge in [-0.1, -0.05) is 6.08 Å². The molecule has 1 aliphatic rings. The Kier molecular flexibility index (Phi) is 2.22. The highest BCUT2D eigenvalue weighted by molar-refractivity contribution is 5.91. The van der Waals surface area contributed by atoms with Crippen LogP contribution >= 0.6 is 0 Å². The van der Waals surface area contributed by atoms with Crippen molar-refractivity contribution in [2.24, 2.45) is 0 Å². The Hall–Kier alpha value is -1.68. The Morgan fingerprint density at radius 2 is 2.31 bits per heavy atom. The third kappa shape index (κ3) is 1.51. The molecule has 0 saturated heterocycles. The number of aromatic amines is 1.